The standard InChI is InChI=1S/C12H11Cl2N3O/c1-2-6-18-12-16-10(15-11(14)17-12)8-4-3-5-9(13)7-8/h3-5,7H,2,6H2,1H3. The number of rotatable bonds is 4. The van der Waals surface area contributed by atoms with Crippen LogP contribution >= 0.6 is 23.2 Å². The van der Waals surface area contributed by atoms with Crippen LogP contribution in [0.2, 0.25) is 10.3 Å². The zero-order valence-corrected chi connectivity index (χ0v) is 11.2. The van der Waals surface area contributed by atoms with Crippen LogP contribution in [0.4, 0.5) is 0 Å². The van der Waals surface area contributed by atoms with E-state index in [9.17, 15) is 0 Å². The highest BCUT2D eigenvalue weighted by atomic mass is 35.5. The number of ether oxygens (including phenoxy) is 1. The molecule has 1 aromatic heterocycles. The minimum absolute atomic E-state index is 0.103. The molecule has 1 aromatic carbocycles. The third-order valence-corrected chi connectivity index (χ3v) is 2.51. The number of halogens is 2. The Labute approximate surface area is 115 Å². The lowest BCUT2D eigenvalue weighted by Crippen LogP contribution is -2.02. The van der Waals surface area contributed by atoms with Gasteiger partial charge in [0, 0.05) is 10.6 Å². The van der Waals surface area contributed by atoms with Crippen LogP contribution in [0.1, 0.15) is 13.3 Å². The quantitative estimate of drug-likeness (QED) is 0.860. The summed E-state index contributed by atoms with van der Waals surface area (Å²) in [4.78, 5) is 12.2. The zero-order valence-electron chi connectivity index (χ0n) is 9.73. The monoisotopic (exact) mass is 283 g/mol. The van der Waals surface area contributed by atoms with Gasteiger partial charge in [0.25, 0.3) is 0 Å². The highest BCUT2D eigenvalue weighted by Crippen LogP contribution is 2.21. The van der Waals surface area contributed by atoms with Gasteiger partial charge < -0.3 is 4.74 Å². The highest BCUT2D eigenvalue weighted by Gasteiger charge is 2.08. The third-order valence-electron chi connectivity index (χ3n) is 2.11. The normalized spacial score (nSPS) is 10.4. The average Bonchev–Trinajstić information content (AvgIpc) is 2.36. The Morgan fingerprint density at radius 1 is 1.17 bits per heavy atom. The minimum Gasteiger partial charge on any atom is -0.463 e. The lowest BCUT2D eigenvalue weighted by Gasteiger charge is -2.05. The molecule has 6 heteroatoms. The first-order valence-electron chi connectivity index (χ1n) is 5.49. The summed E-state index contributed by atoms with van der Waals surface area (Å²) in [5.74, 6) is 0.448. The predicted octanol–water partition coefficient (Wildman–Crippen LogP) is 3.63. The van der Waals surface area contributed by atoms with Gasteiger partial charge in [-0.05, 0) is 30.2 Å². The molecule has 0 aliphatic carbocycles. The van der Waals surface area contributed by atoms with Gasteiger partial charge in [0.15, 0.2) is 5.82 Å². The molecule has 2 aromatic rings. The Morgan fingerprint density at radius 2 is 2.00 bits per heavy atom. The van der Waals surface area contributed by atoms with Gasteiger partial charge in [-0.1, -0.05) is 30.7 Å². The molecule has 0 radical (unpaired) electrons. The van der Waals surface area contributed by atoms with Crippen molar-refractivity contribution in [3.8, 4) is 17.4 Å². The Bertz CT molecular complexity index is 549. The number of hydrogen-bond acceptors (Lipinski definition) is 4. The summed E-state index contributed by atoms with van der Waals surface area (Å²) in [6, 6.07) is 7.44. The van der Waals surface area contributed by atoms with Gasteiger partial charge in [0.2, 0.25) is 5.28 Å². The molecule has 2 rings (SSSR count). The molecule has 1 heterocycles. The summed E-state index contributed by atoms with van der Waals surface area (Å²) in [6.45, 7) is 2.54. The van der Waals surface area contributed by atoms with Crippen LogP contribution in [0.5, 0.6) is 6.01 Å². The second kappa shape index (κ2) is 5.98. The largest absolute Gasteiger partial charge is 0.463 e. The number of hydrogen-bond donors (Lipinski definition) is 0. The maximum Gasteiger partial charge on any atom is 0.321 e. The van der Waals surface area contributed by atoms with Crippen molar-refractivity contribution in [3.63, 3.8) is 0 Å². The fraction of sp³-hybridized carbons (Fsp3) is 0.250. The Kier molecular flexibility index (Phi) is 4.33. The number of aromatic nitrogens is 3. The lowest BCUT2D eigenvalue weighted by molar-refractivity contribution is 0.291. The molecule has 0 bridgehead atoms. The molecular weight excluding hydrogens is 273 g/mol. The van der Waals surface area contributed by atoms with Crippen molar-refractivity contribution in [2.45, 2.75) is 13.3 Å². The van der Waals surface area contributed by atoms with Crippen LogP contribution in [0.15, 0.2) is 24.3 Å². The predicted molar refractivity (Wildman–Crippen MR) is 71.1 cm³/mol. The van der Waals surface area contributed by atoms with E-state index in [0.717, 1.165) is 12.0 Å². The van der Waals surface area contributed by atoms with Crippen molar-refractivity contribution in [3.05, 3.63) is 34.6 Å². The van der Waals surface area contributed by atoms with E-state index in [-0.39, 0.29) is 11.3 Å². The molecule has 94 valence electrons. The van der Waals surface area contributed by atoms with Gasteiger partial charge in [-0.15, -0.1) is 0 Å². The number of benzene rings is 1. The molecule has 0 spiro atoms. The summed E-state index contributed by atoms with van der Waals surface area (Å²) in [6.07, 6.45) is 0.871. The van der Waals surface area contributed by atoms with Crippen LogP contribution in [-0.4, -0.2) is 21.6 Å². The molecule has 0 unspecified atom stereocenters. The van der Waals surface area contributed by atoms with Crippen LogP contribution in [-0.2, 0) is 0 Å². The minimum atomic E-state index is 0.103. The maximum atomic E-state index is 5.92. The van der Waals surface area contributed by atoms with Gasteiger partial charge in [-0.3, -0.25) is 0 Å². The molecule has 0 saturated heterocycles. The van der Waals surface area contributed by atoms with E-state index in [2.05, 4.69) is 15.0 Å². The van der Waals surface area contributed by atoms with E-state index in [0.29, 0.717) is 17.5 Å². The zero-order chi connectivity index (χ0) is 13.0. The van der Waals surface area contributed by atoms with Crippen molar-refractivity contribution >= 4 is 23.2 Å². The van der Waals surface area contributed by atoms with Gasteiger partial charge >= 0.3 is 6.01 Å². The van der Waals surface area contributed by atoms with Gasteiger partial charge in [0.05, 0.1) is 6.61 Å². The average molecular weight is 284 g/mol. The molecule has 0 atom stereocenters. The second-order valence-corrected chi connectivity index (χ2v) is 4.34. The van der Waals surface area contributed by atoms with E-state index in [1.165, 1.54) is 0 Å². The maximum absolute atomic E-state index is 5.92. The Hall–Kier alpha value is -1.39. The molecule has 4 nitrogen and oxygen atoms in total. The van der Waals surface area contributed by atoms with Crippen LogP contribution in [0.3, 0.4) is 0 Å². The van der Waals surface area contributed by atoms with Gasteiger partial charge in [-0.25, -0.2) is 0 Å². The van der Waals surface area contributed by atoms with Crippen LogP contribution in [0.25, 0.3) is 11.4 Å². The molecule has 0 aliphatic rings. The first-order valence-corrected chi connectivity index (χ1v) is 6.25. The molecule has 0 N–H and O–H groups in total. The van der Waals surface area contributed by atoms with Crippen molar-refractivity contribution in [2.24, 2.45) is 0 Å². The van der Waals surface area contributed by atoms with Crippen molar-refractivity contribution in [1.82, 2.24) is 15.0 Å². The summed E-state index contributed by atoms with van der Waals surface area (Å²) in [5, 5.41) is 0.714. The SMILES string of the molecule is CCCOc1nc(Cl)nc(-c2cccc(Cl)c2)n1. The van der Waals surface area contributed by atoms with Gasteiger partial charge in [0.1, 0.15) is 0 Å². The fourth-order valence-corrected chi connectivity index (χ4v) is 1.69. The highest BCUT2D eigenvalue weighted by molar-refractivity contribution is 6.30. The summed E-state index contributed by atoms with van der Waals surface area (Å²) in [5.41, 5.74) is 0.771. The lowest BCUT2D eigenvalue weighted by atomic mass is 10.2. The third kappa shape index (κ3) is 3.31. The summed E-state index contributed by atoms with van der Waals surface area (Å²) >= 11 is 11.8. The van der Waals surface area contributed by atoms with Crippen molar-refractivity contribution in [1.29, 1.82) is 0 Å². The summed E-state index contributed by atoms with van der Waals surface area (Å²) in [7, 11) is 0. The molecule has 0 saturated carbocycles. The molecular formula is C12H11Cl2N3O. The van der Waals surface area contributed by atoms with E-state index in [1.807, 2.05) is 19.1 Å². The van der Waals surface area contributed by atoms with Gasteiger partial charge in [-0.2, -0.15) is 15.0 Å². The van der Waals surface area contributed by atoms with Crippen LogP contribution in [0, 0.1) is 0 Å². The molecule has 0 aliphatic heterocycles. The first kappa shape index (κ1) is 13.1. The molecule has 0 amide bonds. The smallest absolute Gasteiger partial charge is 0.321 e. The fourth-order valence-electron chi connectivity index (χ4n) is 1.35. The van der Waals surface area contributed by atoms with E-state index in [1.54, 1.807) is 12.1 Å². The van der Waals surface area contributed by atoms with Crippen LogP contribution < -0.4 is 4.74 Å². The number of nitrogens with zero attached hydrogens (tertiary/aromatic N) is 3. The van der Waals surface area contributed by atoms with E-state index in [4.69, 9.17) is 27.9 Å². The summed E-state index contributed by atoms with van der Waals surface area (Å²) < 4.78 is 5.35. The topological polar surface area (TPSA) is 47.9 Å². The Morgan fingerprint density at radius 3 is 2.72 bits per heavy atom. The Balaban J connectivity index is 2.35. The molecule has 18 heavy (non-hydrogen) atoms. The second-order valence-electron chi connectivity index (χ2n) is 3.57. The van der Waals surface area contributed by atoms with E-state index < -0.39 is 0 Å². The first-order chi connectivity index (χ1) is 8.69. The van der Waals surface area contributed by atoms with Crippen molar-refractivity contribution in [2.75, 3.05) is 6.61 Å². The van der Waals surface area contributed by atoms with E-state index >= 15 is 0 Å². The molecule has 0 fully saturated rings. The van der Waals surface area contributed by atoms with Crippen molar-refractivity contribution < 1.29 is 4.74 Å².